The second-order valence-electron chi connectivity index (χ2n) is 6.48. The summed E-state index contributed by atoms with van der Waals surface area (Å²) in [5.74, 6) is -1.68. The van der Waals surface area contributed by atoms with Crippen molar-refractivity contribution in [3.8, 4) is 0 Å². The zero-order valence-corrected chi connectivity index (χ0v) is 14.4. The number of hydrogen-bond donors (Lipinski definition) is 2. The van der Waals surface area contributed by atoms with Crippen LogP contribution in [0.1, 0.15) is 44.9 Å². The summed E-state index contributed by atoms with van der Waals surface area (Å²) in [5, 5.41) is 0. The Kier molecular flexibility index (Phi) is 5.09. The van der Waals surface area contributed by atoms with Crippen LogP contribution in [0.2, 0.25) is 0 Å². The van der Waals surface area contributed by atoms with Gasteiger partial charge in [-0.25, -0.2) is 9.52 Å². The number of ether oxygens (including phenoxy) is 1. The number of hydrogen-bond acceptors (Lipinski definition) is 6. The lowest BCUT2D eigenvalue weighted by Gasteiger charge is -2.22. The van der Waals surface area contributed by atoms with Crippen LogP contribution in [-0.4, -0.2) is 50.9 Å². The van der Waals surface area contributed by atoms with Crippen LogP contribution in [0.4, 0.5) is 0 Å². The van der Waals surface area contributed by atoms with Gasteiger partial charge in [0.2, 0.25) is 0 Å². The molecule has 0 radical (unpaired) electrons. The number of esters is 1. The highest BCUT2D eigenvalue weighted by molar-refractivity contribution is 7.88. The lowest BCUT2D eigenvalue weighted by Crippen LogP contribution is -2.46. The molecule has 1 saturated carbocycles. The molecule has 1 saturated heterocycles. The lowest BCUT2D eigenvalue weighted by molar-refractivity contribution is -0.137. The first-order chi connectivity index (χ1) is 11.5. The van der Waals surface area contributed by atoms with Crippen molar-refractivity contribution in [3.63, 3.8) is 0 Å². The molecule has 8 nitrogen and oxygen atoms in total. The maximum absolute atomic E-state index is 12.4. The average Bonchev–Trinajstić information content (AvgIpc) is 3.16. The van der Waals surface area contributed by atoms with Crippen molar-refractivity contribution in [1.29, 1.82) is 0 Å². The maximum Gasteiger partial charge on any atom is 0.346 e. The van der Waals surface area contributed by atoms with Crippen LogP contribution in [0, 0.1) is 0 Å². The van der Waals surface area contributed by atoms with Crippen molar-refractivity contribution < 1.29 is 22.7 Å². The molecule has 24 heavy (non-hydrogen) atoms. The van der Waals surface area contributed by atoms with Crippen LogP contribution in [0.5, 0.6) is 0 Å². The Bertz CT molecular complexity index is 646. The van der Waals surface area contributed by atoms with Gasteiger partial charge in [-0.15, -0.1) is 0 Å². The Hall–Kier alpha value is -1.61. The van der Waals surface area contributed by atoms with Crippen molar-refractivity contribution in [2.24, 2.45) is 0 Å². The number of nitrogens with one attached hydrogen (secondary N) is 2. The van der Waals surface area contributed by atoms with Gasteiger partial charge in [0, 0.05) is 19.1 Å². The molecule has 3 aliphatic rings. The van der Waals surface area contributed by atoms with E-state index in [2.05, 4.69) is 4.72 Å². The van der Waals surface area contributed by atoms with Gasteiger partial charge in [0.25, 0.3) is 5.91 Å². The van der Waals surface area contributed by atoms with Gasteiger partial charge >= 0.3 is 16.2 Å². The summed E-state index contributed by atoms with van der Waals surface area (Å²) in [7, 11) is -4.00. The molecular weight excluding hydrogens is 334 g/mol. The van der Waals surface area contributed by atoms with Crippen molar-refractivity contribution in [2.75, 3.05) is 19.7 Å². The summed E-state index contributed by atoms with van der Waals surface area (Å²) in [6.45, 7) is 1.52. The number of carbonyl (C=O) groups excluding carboxylic acids is 2. The normalized spacial score (nSPS) is 22.8. The monoisotopic (exact) mass is 357 g/mol. The molecule has 0 aromatic carbocycles. The van der Waals surface area contributed by atoms with Gasteiger partial charge in [0.1, 0.15) is 12.2 Å². The highest BCUT2D eigenvalue weighted by Crippen LogP contribution is 2.24. The summed E-state index contributed by atoms with van der Waals surface area (Å²) in [6.07, 6.45) is 6.53. The minimum atomic E-state index is -4.00. The smallest absolute Gasteiger partial charge is 0.346 e. The first kappa shape index (κ1) is 17.2. The molecule has 0 bridgehead atoms. The van der Waals surface area contributed by atoms with E-state index in [9.17, 15) is 18.0 Å². The molecule has 2 N–H and O–H groups in total. The highest BCUT2D eigenvalue weighted by atomic mass is 32.2. The minimum Gasteiger partial charge on any atom is -0.455 e. The Morgan fingerprint density at radius 1 is 1.08 bits per heavy atom. The van der Waals surface area contributed by atoms with Gasteiger partial charge in [-0.2, -0.15) is 13.1 Å². The maximum atomic E-state index is 12.4. The van der Waals surface area contributed by atoms with E-state index in [1.54, 1.807) is 0 Å². The second-order valence-corrected chi connectivity index (χ2v) is 7.93. The van der Waals surface area contributed by atoms with E-state index in [1.807, 2.05) is 9.62 Å². The van der Waals surface area contributed by atoms with Crippen molar-refractivity contribution >= 4 is 22.1 Å². The van der Waals surface area contributed by atoms with E-state index in [0.29, 0.717) is 5.70 Å². The summed E-state index contributed by atoms with van der Waals surface area (Å²) >= 11 is 0. The van der Waals surface area contributed by atoms with Gasteiger partial charge in [-0.05, 0) is 25.7 Å². The van der Waals surface area contributed by atoms with Crippen molar-refractivity contribution in [3.05, 3.63) is 11.3 Å². The largest absolute Gasteiger partial charge is 0.455 e. The van der Waals surface area contributed by atoms with Crippen LogP contribution < -0.4 is 9.44 Å². The van der Waals surface area contributed by atoms with E-state index in [0.717, 1.165) is 58.0 Å². The highest BCUT2D eigenvalue weighted by Gasteiger charge is 2.36. The number of cyclic esters (lactones) is 1. The number of nitrogens with zero attached hydrogens (tertiary/aromatic N) is 1. The molecule has 0 aromatic heterocycles. The molecule has 2 fully saturated rings. The summed E-state index contributed by atoms with van der Waals surface area (Å²) in [5.41, 5.74) is 0.300. The van der Waals surface area contributed by atoms with Crippen LogP contribution in [-0.2, 0) is 24.5 Å². The quantitative estimate of drug-likeness (QED) is 0.537. The van der Waals surface area contributed by atoms with Crippen LogP contribution >= 0.6 is 0 Å². The molecule has 0 atom stereocenters. The zero-order valence-electron chi connectivity index (χ0n) is 13.5. The van der Waals surface area contributed by atoms with Crippen molar-refractivity contribution in [2.45, 2.75) is 51.0 Å². The molecule has 0 unspecified atom stereocenters. The molecule has 1 amide bonds. The van der Waals surface area contributed by atoms with Gasteiger partial charge in [-0.3, -0.25) is 4.79 Å². The van der Waals surface area contributed by atoms with E-state index in [4.69, 9.17) is 4.74 Å². The topological polar surface area (TPSA) is 105 Å². The third kappa shape index (κ3) is 3.89. The number of carbonyl (C=O) groups is 2. The molecule has 0 spiro atoms. The first-order valence-electron chi connectivity index (χ1n) is 8.46. The van der Waals surface area contributed by atoms with Gasteiger partial charge < -0.3 is 9.64 Å². The molecule has 9 heteroatoms. The van der Waals surface area contributed by atoms with Crippen LogP contribution in [0.15, 0.2) is 11.3 Å². The molecule has 1 aliphatic carbocycles. The standard InChI is InChI=1S/C15H23N3O5S/c19-14(17-24(21,22)16-11-6-2-1-3-7-11)13-12(10-23-15(13)20)18-8-4-5-9-18/h11,16H,1-10H2,(H,17,19). The Labute approximate surface area is 141 Å². The van der Waals surface area contributed by atoms with E-state index in [-0.39, 0.29) is 18.2 Å². The number of rotatable bonds is 5. The van der Waals surface area contributed by atoms with Gasteiger partial charge in [0.05, 0.1) is 5.70 Å². The van der Waals surface area contributed by atoms with Crippen LogP contribution in [0.25, 0.3) is 0 Å². The SMILES string of the molecule is O=C(NS(=O)(=O)NC1CCCCC1)C1=C(N2CCCC2)COC1=O. The second kappa shape index (κ2) is 7.10. The Balaban J connectivity index is 1.70. The third-order valence-electron chi connectivity index (χ3n) is 4.70. The fourth-order valence-corrected chi connectivity index (χ4v) is 4.58. The summed E-state index contributed by atoms with van der Waals surface area (Å²) < 4.78 is 33.8. The summed E-state index contributed by atoms with van der Waals surface area (Å²) in [4.78, 5) is 26.2. The molecule has 2 heterocycles. The molecule has 134 valence electrons. The third-order valence-corrected chi connectivity index (χ3v) is 5.80. The van der Waals surface area contributed by atoms with Gasteiger partial charge in [0.15, 0.2) is 0 Å². The first-order valence-corrected chi connectivity index (χ1v) is 9.94. The number of amides is 1. The molecular formula is C15H23N3O5S. The van der Waals surface area contributed by atoms with Crippen LogP contribution in [0.3, 0.4) is 0 Å². The molecule has 0 aromatic rings. The van der Waals surface area contributed by atoms with E-state index >= 15 is 0 Å². The fourth-order valence-electron chi connectivity index (χ4n) is 3.50. The van der Waals surface area contributed by atoms with Gasteiger partial charge in [-0.1, -0.05) is 19.3 Å². The van der Waals surface area contributed by atoms with E-state index in [1.165, 1.54) is 0 Å². The lowest BCUT2D eigenvalue weighted by atomic mass is 9.96. The predicted molar refractivity (Wildman–Crippen MR) is 85.9 cm³/mol. The minimum absolute atomic E-state index is 0.0255. The Morgan fingerprint density at radius 3 is 2.42 bits per heavy atom. The number of likely N-dealkylation sites (tertiary alicyclic amines) is 1. The fraction of sp³-hybridized carbons (Fsp3) is 0.733. The zero-order chi connectivity index (χ0) is 17.2. The van der Waals surface area contributed by atoms with E-state index < -0.39 is 22.1 Å². The van der Waals surface area contributed by atoms with Crippen molar-refractivity contribution in [1.82, 2.24) is 14.3 Å². The molecule has 3 rings (SSSR count). The Morgan fingerprint density at radius 2 is 1.75 bits per heavy atom. The average molecular weight is 357 g/mol. The summed E-state index contributed by atoms with van der Waals surface area (Å²) in [6, 6.07) is -0.161. The molecule has 2 aliphatic heterocycles. The predicted octanol–water partition coefficient (Wildman–Crippen LogP) is 0.176.